The first-order valence-electron chi connectivity index (χ1n) is 10.7. The number of hydrogen-bond donors (Lipinski definition) is 1. The van der Waals surface area contributed by atoms with E-state index >= 15 is 0 Å². The third-order valence-electron chi connectivity index (χ3n) is 5.58. The maximum Gasteiger partial charge on any atom is 0.350 e. The van der Waals surface area contributed by atoms with Gasteiger partial charge in [-0.2, -0.15) is 0 Å². The van der Waals surface area contributed by atoms with E-state index in [1.54, 1.807) is 39.0 Å². The lowest BCUT2D eigenvalue weighted by Gasteiger charge is -2.21. The monoisotopic (exact) mass is 480 g/mol. The molecule has 0 bridgehead atoms. The predicted octanol–water partition coefficient (Wildman–Crippen LogP) is 4.77. The summed E-state index contributed by atoms with van der Waals surface area (Å²) >= 11 is 0.952. The summed E-state index contributed by atoms with van der Waals surface area (Å²) in [4.78, 5) is 44.6. The van der Waals surface area contributed by atoms with Crippen molar-refractivity contribution < 1.29 is 28.6 Å². The van der Waals surface area contributed by atoms with Crippen LogP contribution in [0.3, 0.4) is 0 Å². The number of hydrogen-bond acceptors (Lipinski definition) is 8. The first kappa shape index (κ1) is 23.4. The normalized spacial score (nSPS) is 17.4. The fourth-order valence-corrected chi connectivity index (χ4v) is 4.89. The van der Waals surface area contributed by atoms with Gasteiger partial charge in [0.15, 0.2) is 5.13 Å². The Kier molecular flexibility index (Phi) is 6.14. The molecule has 0 saturated carbocycles. The summed E-state index contributed by atoms with van der Waals surface area (Å²) in [5, 5.41) is 11.4. The molecule has 4 rings (SSSR count). The Morgan fingerprint density at radius 2 is 1.91 bits per heavy atom. The van der Waals surface area contributed by atoms with Gasteiger partial charge in [0, 0.05) is 5.56 Å². The molecule has 0 aliphatic carbocycles. The molecular formula is C25H24N2O6S. The van der Waals surface area contributed by atoms with Gasteiger partial charge in [-0.1, -0.05) is 29.0 Å². The Labute approximate surface area is 200 Å². The van der Waals surface area contributed by atoms with Gasteiger partial charge in [-0.05, 0) is 58.4 Å². The Hall–Kier alpha value is -3.72. The molecule has 1 aliphatic rings. The molecule has 1 saturated heterocycles. The van der Waals surface area contributed by atoms with Crippen LogP contribution in [0.2, 0.25) is 0 Å². The standard InChI is InChI=1S/C25H24N2O6S/c1-6-32-24(31)22-15(5)26-25(34-22)27-19(17-10-9-14(4)33-17)18(21(29)23(27)30)20(28)16-11-12(2)7-8-13(16)3/h7-11,19,28H,6H2,1-5H3/t19-/m1/s1. The fraction of sp³-hybridized carbons (Fsp3) is 0.280. The van der Waals surface area contributed by atoms with Gasteiger partial charge in [0.1, 0.15) is 28.2 Å². The molecule has 3 heterocycles. The second kappa shape index (κ2) is 8.90. The molecule has 8 nitrogen and oxygen atoms in total. The van der Waals surface area contributed by atoms with Gasteiger partial charge in [0.2, 0.25) is 0 Å². The van der Waals surface area contributed by atoms with Gasteiger partial charge in [0.25, 0.3) is 5.78 Å². The zero-order chi connectivity index (χ0) is 24.7. The molecule has 2 aromatic heterocycles. The number of Topliss-reactive ketones (excluding diaryl/α,β-unsaturated/α-hetero) is 1. The van der Waals surface area contributed by atoms with Crippen molar-refractivity contribution in [3.8, 4) is 0 Å². The van der Waals surface area contributed by atoms with Crippen molar-refractivity contribution in [3.63, 3.8) is 0 Å². The summed E-state index contributed by atoms with van der Waals surface area (Å²) in [5.74, 6) is -1.69. The first-order valence-corrected chi connectivity index (χ1v) is 11.5. The molecule has 1 aromatic carbocycles. The topological polar surface area (TPSA) is 110 Å². The number of ketones is 1. The summed E-state index contributed by atoms with van der Waals surface area (Å²) < 4.78 is 10.9. The average Bonchev–Trinajstić information content (AvgIpc) is 3.46. The van der Waals surface area contributed by atoms with E-state index in [1.165, 1.54) is 4.90 Å². The Bertz CT molecular complexity index is 1350. The minimum atomic E-state index is -1.05. The highest BCUT2D eigenvalue weighted by Crippen LogP contribution is 2.44. The lowest BCUT2D eigenvalue weighted by atomic mass is 9.96. The number of furan rings is 1. The predicted molar refractivity (Wildman–Crippen MR) is 127 cm³/mol. The van der Waals surface area contributed by atoms with Crippen LogP contribution >= 0.6 is 11.3 Å². The number of aliphatic hydroxyl groups is 1. The third kappa shape index (κ3) is 3.92. The van der Waals surface area contributed by atoms with Crippen LogP contribution in [0.4, 0.5) is 5.13 Å². The molecule has 9 heteroatoms. The summed E-state index contributed by atoms with van der Waals surface area (Å²) in [6.45, 7) is 8.94. The minimum absolute atomic E-state index is 0.0985. The molecule has 1 fully saturated rings. The smallest absolute Gasteiger partial charge is 0.350 e. The Morgan fingerprint density at radius 1 is 1.18 bits per heavy atom. The van der Waals surface area contributed by atoms with E-state index in [1.807, 2.05) is 26.0 Å². The van der Waals surface area contributed by atoms with Crippen LogP contribution in [0.1, 0.15) is 56.5 Å². The number of esters is 1. The molecule has 3 aromatic rings. The van der Waals surface area contributed by atoms with Crippen molar-refractivity contribution in [1.82, 2.24) is 4.98 Å². The second-order valence-corrected chi connectivity index (χ2v) is 9.04. The molecule has 1 N–H and O–H groups in total. The highest BCUT2D eigenvalue weighted by molar-refractivity contribution is 7.17. The van der Waals surface area contributed by atoms with E-state index < -0.39 is 23.7 Å². The number of aromatic nitrogens is 1. The van der Waals surface area contributed by atoms with Crippen molar-refractivity contribution in [3.05, 3.63) is 74.7 Å². The lowest BCUT2D eigenvalue weighted by molar-refractivity contribution is -0.132. The van der Waals surface area contributed by atoms with Crippen molar-refractivity contribution in [2.75, 3.05) is 11.5 Å². The summed E-state index contributed by atoms with van der Waals surface area (Å²) in [6, 6.07) is 7.81. The number of carbonyl (C=O) groups excluding carboxylic acids is 3. The molecule has 34 heavy (non-hydrogen) atoms. The highest BCUT2D eigenvalue weighted by Gasteiger charge is 2.50. The third-order valence-corrected chi connectivity index (χ3v) is 6.71. The number of rotatable bonds is 5. The molecule has 0 spiro atoms. The summed E-state index contributed by atoms with van der Waals surface area (Å²) in [6.07, 6.45) is 0. The Balaban J connectivity index is 1.93. The van der Waals surface area contributed by atoms with Gasteiger partial charge in [-0.15, -0.1) is 0 Å². The maximum absolute atomic E-state index is 13.3. The van der Waals surface area contributed by atoms with Crippen molar-refractivity contribution in [1.29, 1.82) is 0 Å². The van der Waals surface area contributed by atoms with Crippen LogP contribution in [-0.2, 0) is 14.3 Å². The van der Waals surface area contributed by atoms with Crippen molar-refractivity contribution in [2.24, 2.45) is 0 Å². The molecule has 1 amide bonds. The van der Waals surface area contributed by atoms with Crippen LogP contribution in [0.25, 0.3) is 5.76 Å². The molecule has 0 radical (unpaired) electrons. The average molecular weight is 481 g/mol. The van der Waals surface area contributed by atoms with E-state index in [0.29, 0.717) is 22.8 Å². The number of amides is 1. The molecule has 176 valence electrons. The van der Waals surface area contributed by atoms with Crippen molar-refractivity contribution >= 4 is 39.9 Å². The molecule has 0 unspecified atom stereocenters. The number of benzene rings is 1. The quantitative estimate of drug-likeness (QED) is 0.242. The Morgan fingerprint density at radius 3 is 2.56 bits per heavy atom. The number of ether oxygens (including phenoxy) is 1. The van der Waals surface area contributed by atoms with Crippen LogP contribution in [0, 0.1) is 27.7 Å². The van der Waals surface area contributed by atoms with E-state index in [0.717, 1.165) is 22.5 Å². The fourth-order valence-electron chi connectivity index (χ4n) is 3.91. The molecular weight excluding hydrogens is 456 g/mol. The number of aliphatic hydroxyl groups excluding tert-OH is 1. The van der Waals surface area contributed by atoms with Crippen LogP contribution in [0.5, 0.6) is 0 Å². The number of anilines is 1. The maximum atomic E-state index is 13.3. The minimum Gasteiger partial charge on any atom is -0.507 e. The summed E-state index contributed by atoms with van der Waals surface area (Å²) in [7, 11) is 0. The van der Waals surface area contributed by atoms with E-state index in [2.05, 4.69) is 4.98 Å². The highest BCUT2D eigenvalue weighted by atomic mass is 32.1. The van der Waals surface area contributed by atoms with E-state index in [9.17, 15) is 19.5 Å². The number of aryl methyl sites for hydroxylation is 4. The zero-order valence-electron chi connectivity index (χ0n) is 19.5. The second-order valence-electron chi connectivity index (χ2n) is 8.07. The number of thiazole rings is 1. The number of carbonyl (C=O) groups is 3. The van der Waals surface area contributed by atoms with Gasteiger partial charge < -0.3 is 14.3 Å². The van der Waals surface area contributed by atoms with E-state index in [-0.39, 0.29) is 27.9 Å². The van der Waals surface area contributed by atoms with Gasteiger partial charge in [-0.3, -0.25) is 14.5 Å². The summed E-state index contributed by atoms with van der Waals surface area (Å²) in [5.41, 5.74) is 2.37. The van der Waals surface area contributed by atoms with Crippen LogP contribution in [0.15, 0.2) is 40.3 Å². The van der Waals surface area contributed by atoms with E-state index in [4.69, 9.17) is 9.15 Å². The number of nitrogens with zero attached hydrogens (tertiary/aromatic N) is 2. The molecule has 1 atom stereocenters. The first-order chi connectivity index (χ1) is 16.1. The van der Waals surface area contributed by atoms with Gasteiger partial charge >= 0.3 is 11.9 Å². The SMILES string of the molecule is CCOC(=O)c1sc(N2C(=O)C(=O)C(=C(O)c3cc(C)ccc3C)[C@H]2c2ccc(C)o2)nc1C. The van der Waals surface area contributed by atoms with Crippen LogP contribution < -0.4 is 4.90 Å². The van der Waals surface area contributed by atoms with Crippen molar-refractivity contribution in [2.45, 2.75) is 40.7 Å². The lowest BCUT2D eigenvalue weighted by Crippen LogP contribution is -2.29. The largest absolute Gasteiger partial charge is 0.507 e. The van der Waals surface area contributed by atoms with Gasteiger partial charge in [-0.25, -0.2) is 9.78 Å². The molecule has 1 aliphatic heterocycles. The van der Waals surface area contributed by atoms with Gasteiger partial charge in [0.05, 0.1) is 17.9 Å². The van der Waals surface area contributed by atoms with Crippen LogP contribution in [-0.4, -0.2) is 34.4 Å². The zero-order valence-corrected chi connectivity index (χ0v) is 20.3.